The zero-order chi connectivity index (χ0) is 21.1. The summed E-state index contributed by atoms with van der Waals surface area (Å²) in [6, 6.07) is 9.40. The van der Waals surface area contributed by atoms with Gasteiger partial charge in [-0.15, -0.1) is 0 Å². The van der Waals surface area contributed by atoms with Crippen molar-refractivity contribution < 1.29 is 28.6 Å². The van der Waals surface area contributed by atoms with Crippen LogP contribution in [0.1, 0.15) is 54.5 Å². The van der Waals surface area contributed by atoms with Gasteiger partial charge in [0.1, 0.15) is 11.5 Å². The molecule has 0 heterocycles. The van der Waals surface area contributed by atoms with Crippen LogP contribution in [-0.4, -0.2) is 22.1 Å². The molecule has 0 saturated heterocycles. The lowest BCUT2D eigenvalue weighted by molar-refractivity contribution is -0.131. The molecule has 0 aliphatic carbocycles. The minimum Gasteiger partial charge on any atom is -0.481 e. The largest absolute Gasteiger partial charge is 0.481 e. The highest BCUT2D eigenvalue weighted by atomic mass is 31.2. The number of rotatable bonds is 7. The molecule has 0 radical (unpaired) electrons. The molecule has 0 aliphatic rings. The number of hydrogen-bond donors (Lipinski definition) is 2. The van der Waals surface area contributed by atoms with Crippen LogP contribution in [0, 0.1) is 13.8 Å². The van der Waals surface area contributed by atoms with Gasteiger partial charge in [-0.25, -0.2) is 0 Å². The maximum absolute atomic E-state index is 11.3. The SMILES string of the molecule is CC(=O)Oc1ccc(Cc2c(C)cc(OCP(=O)(O)O)cc2C)cc1C(C)C. The van der Waals surface area contributed by atoms with Crippen molar-refractivity contribution in [3.8, 4) is 11.5 Å². The lowest BCUT2D eigenvalue weighted by atomic mass is 9.93. The Labute approximate surface area is 165 Å². The van der Waals surface area contributed by atoms with Gasteiger partial charge >= 0.3 is 13.6 Å². The van der Waals surface area contributed by atoms with E-state index in [-0.39, 0.29) is 11.9 Å². The quantitative estimate of drug-likeness (QED) is 0.401. The fourth-order valence-corrected chi connectivity index (χ4v) is 3.40. The molecule has 28 heavy (non-hydrogen) atoms. The molecule has 0 bridgehead atoms. The van der Waals surface area contributed by atoms with Crippen LogP contribution in [0.2, 0.25) is 0 Å². The number of hydrogen-bond acceptors (Lipinski definition) is 4. The highest BCUT2D eigenvalue weighted by Gasteiger charge is 2.16. The van der Waals surface area contributed by atoms with Gasteiger partial charge in [-0.1, -0.05) is 26.0 Å². The Hall–Kier alpha value is -2.14. The number of benzene rings is 2. The van der Waals surface area contributed by atoms with E-state index in [1.807, 2.05) is 26.0 Å². The third kappa shape index (κ3) is 6.20. The van der Waals surface area contributed by atoms with E-state index in [9.17, 15) is 9.36 Å². The molecule has 0 amide bonds. The van der Waals surface area contributed by atoms with Gasteiger partial charge in [0.2, 0.25) is 0 Å². The van der Waals surface area contributed by atoms with Crippen molar-refractivity contribution in [2.75, 3.05) is 6.35 Å². The zero-order valence-corrected chi connectivity index (χ0v) is 17.7. The van der Waals surface area contributed by atoms with Crippen molar-refractivity contribution in [2.45, 2.75) is 47.0 Å². The molecule has 152 valence electrons. The molecular formula is C21H27O6P. The maximum atomic E-state index is 11.3. The smallest absolute Gasteiger partial charge is 0.362 e. The fourth-order valence-electron chi connectivity index (χ4n) is 3.09. The van der Waals surface area contributed by atoms with Gasteiger partial charge in [-0.3, -0.25) is 9.36 Å². The van der Waals surface area contributed by atoms with E-state index >= 15 is 0 Å². The first kappa shape index (κ1) is 22.2. The summed E-state index contributed by atoms with van der Waals surface area (Å²) < 4.78 is 21.5. The Morgan fingerprint density at radius 2 is 1.71 bits per heavy atom. The average Bonchev–Trinajstić information content (AvgIpc) is 2.56. The lowest BCUT2D eigenvalue weighted by Gasteiger charge is -2.17. The van der Waals surface area contributed by atoms with Crippen molar-refractivity contribution >= 4 is 13.6 Å². The first-order chi connectivity index (χ1) is 13.0. The third-order valence-corrected chi connectivity index (χ3v) is 4.87. The fraction of sp³-hybridized carbons (Fsp3) is 0.381. The molecule has 0 saturated carbocycles. The summed E-state index contributed by atoms with van der Waals surface area (Å²) in [6.07, 6.45) is 0.0527. The van der Waals surface area contributed by atoms with Crippen LogP contribution < -0.4 is 9.47 Å². The molecular weight excluding hydrogens is 379 g/mol. The first-order valence-electron chi connectivity index (χ1n) is 9.05. The molecule has 0 unspecified atom stereocenters. The van der Waals surface area contributed by atoms with Crippen molar-refractivity contribution in [1.29, 1.82) is 0 Å². The summed E-state index contributed by atoms with van der Waals surface area (Å²) >= 11 is 0. The van der Waals surface area contributed by atoms with Gasteiger partial charge in [-0.2, -0.15) is 0 Å². The topological polar surface area (TPSA) is 93.1 Å². The number of aryl methyl sites for hydroxylation is 2. The Morgan fingerprint density at radius 3 is 2.21 bits per heavy atom. The van der Waals surface area contributed by atoms with E-state index in [4.69, 9.17) is 19.3 Å². The summed E-state index contributed by atoms with van der Waals surface area (Å²) in [7, 11) is -4.22. The van der Waals surface area contributed by atoms with Crippen LogP contribution in [-0.2, 0) is 15.8 Å². The van der Waals surface area contributed by atoms with Crippen LogP contribution in [0.3, 0.4) is 0 Å². The van der Waals surface area contributed by atoms with Gasteiger partial charge in [0.05, 0.1) is 0 Å². The Balaban J connectivity index is 2.28. The highest BCUT2D eigenvalue weighted by Crippen LogP contribution is 2.35. The molecule has 0 fully saturated rings. The van der Waals surface area contributed by atoms with Crippen LogP contribution in [0.15, 0.2) is 30.3 Å². The average molecular weight is 406 g/mol. The van der Waals surface area contributed by atoms with Gasteiger partial charge in [0.25, 0.3) is 0 Å². The van der Waals surface area contributed by atoms with E-state index in [2.05, 4.69) is 19.9 Å². The van der Waals surface area contributed by atoms with Gasteiger partial charge in [0, 0.05) is 6.92 Å². The summed E-state index contributed by atoms with van der Waals surface area (Å²) in [4.78, 5) is 29.3. The van der Waals surface area contributed by atoms with E-state index < -0.39 is 13.9 Å². The number of esters is 1. The van der Waals surface area contributed by atoms with Crippen molar-refractivity contribution in [1.82, 2.24) is 0 Å². The first-order valence-corrected chi connectivity index (χ1v) is 10.8. The predicted molar refractivity (Wildman–Crippen MR) is 108 cm³/mol. The Kier molecular flexibility index (Phi) is 7.05. The summed E-state index contributed by atoms with van der Waals surface area (Å²) in [5.41, 5.74) is 5.16. The van der Waals surface area contributed by atoms with E-state index in [0.29, 0.717) is 17.9 Å². The molecule has 0 aliphatic heterocycles. The third-order valence-electron chi connectivity index (χ3n) is 4.40. The standard InChI is InChI=1S/C21H27O6P/c1-13(2)19-10-17(6-7-21(19)27-16(5)22)11-20-14(3)8-18(9-15(20)4)26-12-28(23,24)25/h6-10,13H,11-12H2,1-5H3,(H2,23,24,25). The molecule has 6 nitrogen and oxygen atoms in total. The second-order valence-corrected chi connectivity index (χ2v) is 8.86. The molecule has 2 aromatic carbocycles. The maximum Gasteiger partial charge on any atom is 0.362 e. The Morgan fingerprint density at radius 1 is 1.11 bits per heavy atom. The second kappa shape index (κ2) is 8.91. The molecule has 2 aromatic rings. The molecule has 0 atom stereocenters. The predicted octanol–water partition coefficient (Wildman–Crippen LogP) is 4.46. The monoisotopic (exact) mass is 406 g/mol. The van der Waals surface area contributed by atoms with E-state index in [1.165, 1.54) is 6.92 Å². The summed E-state index contributed by atoms with van der Waals surface area (Å²) in [5.74, 6) is 0.892. The number of carbonyl (C=O) groups is 1. The molecule has 0 aromatic heterocycles. The minimum absolute atomic E-state index is 0.208. The number of carbonyl (C=O) groups excluding carboxylic acids is 1. The van der Waals surface area contributed by atoms with Crippen LogP contribution >= 0.6 is 7.60 Å². The van der Waals surface area contributed by atoms with Crippen LogP contribution in [0.5, 0.6) is 11.5 Å². The molecule has 2 rings (SSSR count). The van der Waals surface area contributed by atoms with Crippen molar-refractivity contribution in [2.24, 2.45) is 0 Å². The van der Waals surface area contributed by atoms with Crippen LogP contribution in [0.4, 0.5) is 0 Å². The van der Waals surface area contributed by atoms with Gasteiger partial charge in [-0.05, 0) is 72.2 Å². The van der Waals surface area contributed by atoms with Gasteiger partial charge in [0.15, 0.2) is 6.35 Å². The Bertz CT molecular complexity index is 890. The zero-order valence-electron chi connectivity index (χ0n) is 16.9. The van der Waals surface area contributed by atoms with E-state index in [1.54, 1.807) is 12.1 Å². The molecule has 0 spiro atoms. The summed E-state index contributed by atoms with van der Waals surface area (Å²) in [5, 5.41) is 0. The summed E-state index contributed by atoms with van der Waals surface area (Å²) in [6.45, 7) is 9.39. The van der Waals surface area contributed by atoms with E-state index in [0.717, 1.165) is 27.8 Å². The van der Waals surface area contributed by atoms with Crippen molar-refractivity contribution in [3.05, 3.63) is 58.1 Å². The number of ether oxygens (including phenoxy) is 2. The molecule has 2 N–H and O–H groups in total. The minimum atomic E-state index is -4.22. The lowest BCUT2D eigenvalue weighted by Crippen LogP contribution is -2.06. The van der Waals surface area contributed by atoms with Gasteiger partial charge < -0.3 is 19.3 Å². The molecule has 7 heteroatoms. The van der Waals surface area contributed by atoms with Crippen molar-refractivity contribution in [3.63, 3.8) is 0 Å². The normalized spacial score (nSPS) is 11.6. The van der Waals surface area contributed by atoms with Crippen LogP contribution in [0.25, 0.3) is 0 Å². The second-order valence-electron chi connectivity index (χ2n) is 7.27. The highest BCUT2D eigenvalue weighted by molar-refractivity contribution is 7.51.